The first-order valence-electron chi connectivity index (χ1n) is 15.5. The largest absolute Gasteiger partial charge is 0.490 e. The quantitative estimate of drug-likeness (QED) is 0.212. The van der Waals surface area contributed by atoms with E-state index in [4.69, 9.17) is 22.1 Å². The van der Waals surface area contributed by atoms with Crippen LogP contribution in [-0.4, -0.2) is 48.0 Å². The molecule has 48 heavy (non-hydrogen) atoms. The van der Waals surface area contributed by atoms with E-state index in [1.807, 2.05) is 31.2 Å². The Bertz CT molecular complexity index is 2110. The Labute approximate surface area is 289 Å². The molecule has 0 saturated heterocycles. The standard InChI is InChI=1S/C35H31BrClN7O4/c1-20-18-43-30(19-42(20)33(46)21-6-13-27(36)28(37)16-21)31(44(35(43)47)23-7-9-24(10-8-23)48-25-11-12-25)32(45)40-17-22-4-2-3-5-26(22)29-14-15-39-34(38)41-29/h2-10,13-16,20,25H,11-12,17-19H2,1H3,(H,40,45)(H2,38,39,41)/t20-/m0/s1. The molecule has 13 heteroatoms. The topological polar surface area (TPSA) is 137 Å². The number of carbonyl (C=O) groups excluding carboxylic acids is 2. The fraction of sp³-hybridized carbons (Fsp3) is 0.229. The van der Waals surface area contributed by atoms with E-state index >= 15 is 0 Å². The van der Waals surface area contributed by atoms with Gasteiger partial charge in [0.1, 0.15) is 11.4 Å². The van der Waals surface area contributed by atoms with Gasteiger partial charge in [0.2, 0.25) is 5.95 Å². The van der Waals surface area contributed by atoms with E-state index in [1.165, 1.54) is 4.57 Å². The molecule has 1 atom stereocenters. The van der Waals surface area contributed by atoms with Gasteiger partial charge in [-0.1, -0.05) is 35.9 Å². The van der Waals surface area contributed by atoms with Gasteiger partial charge in [0, 0.05) is 40.9 Å². The maximum Gasteiger partial charge on any atom is 0.333 e. The number of nitrogen functional groups attached to an aromatic ring is 1. The number of benzene rings is 3. The number of nitrogens with one attached hydrogen (secondary N) is 1. The van der Waals surface area contributed by atoms with Crippen LogP contribution in [0.2, 0.25) is 5.02 Å². The van der Waals surface area contributed by atoms with Crippen LogP contribution in [0, 0.1) is 0 Å². The van der Waals surface area contributed by atoms with Crippen molar-refractivity contribution in [1.82, 2.24) is 29.3 Å². The first kappa shape index (κ1) is 31.6. The van der Waals surface area contributed by atoms with Crippen molar-refractivity contribution >= 4 is 45.3 Å². The summed E-state index contributed by atoms with van der Waals surface area (Å²) < 4.78 is 9.60. The Kier molecular flexibility index (Phi) is 8.52. The summed E-state index contributed by atoms with van der Waals surface area (Å²) in [4.78, 5) is 52.1. The van der Waals surface area contributed by atoms with E-state index in [-0.39, 0.29) is 55.0 Å². The normalized spacial score (nSPS) is 15.6. The molecule has 244 valence electrons. The van der Waals surface area contributed by atoms with Crippen LogP contribution in [0.4, 0.5) is 5.95 Å². The summed E-state index contributed by atoms with van der Waals surface area (Å²) >= 11 is 9.69. The van der Waals surface area contributed by atoms with Crippen LogP contribution in [0.5, 0.6) is 5.75 Å². The molecule has 7 rings (SSSR count). The van der Waals surface area contributed by atoms with E-state index in [0.29, 0.717) is 37.9 Å². The van der Waals surface area contributed by atoms with Crippen LogP contribution in [0.3, 0.4) is 0 Å². The highest BCUT2D eigenvalue weighted by Crippen LogP contribution is 2.30. The molecule has 1 aliphatic carbocycles. The van der Waals surface area contributed by atoms with Gasteiger partial charge in [0.25, 0.3) is 11.8 Å². The van der Waals surface area contributed by atoms with Gasteiger partial charge in [-0.2, -0.15) is 0 Å². The summed E-state index contributed by atoms with van der Waals surface area (Å²) in [5, 5.41) is 3.43. The van der Waals surface area contributed by atoms with Crippen LogP contribution in [0.1, 0.15) is 51.9 Å². The molecule has 2 amide bonds. The minimum Gasteiger partial charge on any atom is -0.490 e. The molecule has 1 fully saturated rings. The van der Waals surface area contributed by atoms with Gasteiger partial charge in [-0.3, -0.25) is 18.7 Å². The predicted molar refractivity (Wildman–Crippen MR) is 185 cm³/mol. The molecule has 1 aliphatic heterocycles. The summed E-state index contributed by atoms with van der Waals surface area (Å²) in [6.45, 7) is 2.27. The second kappa shape index (κ2) is 12.9. The van der Waals surface area contributed by atoms with Crippen LogP contribution in [0.25, 0.3) is 16.9 Å². The lowest BCUT2D eigenvalue weighted by atomic mass is 10.0. The van der Waals surface area contributed by atoms with E-state index in [9.17, 15) is 14.4 Å². The molecule has 0 bridgehead atoms. The molecule has 2 aliphatic rings. The van der Waals surface area contributed by atoms with Crippen molar-refractivity contribution in [3.63, 3.8) is 0 Å². The highest BCUT2D eigenvalue weighted by molar-refractivity contribution is 9.10. The molecule has 3 heterocycles. The van der Waals surface area contributed by atoms with Gasteiger partial charge in [-0.25, -0.2) is 14.8 Å². The van der Waals surface area contributed by atoms with E-state index < -0.39 is 5.91 Å². The number of fused-ring (bicyclic) bond motifs is 1. The zero-order chi connectivity index (χ0) is 33.5. The minimum absolute atomic E-state index is 0.0400. The van der Waals surface area contributed by atoms with Gasteiger partial charge in [-0.05, 0) is 89.8 Å². The van der Waals surface area contributed by atoms with Crippen LogP contribution in [0.15, 0.2) is 88.3 Å². The lowest BCUT2D eigenvalue weighted by molar-refractivity contribution is 0.0610. The number of nitrogens with zero attached hydrogens (tertiary/aromatic N) is 5. The van der Waals surface area contributed by atoms with Crippen molar-refractivity contribution in [2.45, 2.75) is 51.5 Å². The van der Waals surface area contributed by atoms with E-state index in [1.54, 1.807) is 64.2 Å². The van der Waals surface area contributed by atoms with E-state index in [0.717, 1.165) is 24.0 Å². The second-order valence-electron chi connectivity index (χ2n) is 11.9. The maximum absolute atomic E-state index is 14.2. The van der Waals surface area contributed by atoms with Crippen LogP contribution in [-0.2, 0) is 19.6 Å². The van der Waals surface area contributed by atoms with Crippen molar-refractivity contribution in [2.75, 3.05) is 5.73 Å². The average molecular weight is 729 g/mol. The summed E-state index contributed by atoms with van der Waals surface area (Å²) in [7, 11) is 0. The summed E-state index contributed by atoms with van der Waals surface area (Å²) in [6.07, 6.45) is 3.83. The summed E-state index contributed by atoms with van der Waals surface area (Å²) in [6, 6.07) is 21.1. The number of aromatic nitrogens is 4. The SMILES string of the molecule is C[C@H]1Cn2c(c(C(=O)NCc3ccccc3-c3ccnc(N)n3)n(-c3ccc(OC4CC4)cc3)c2=O)CN1C(=O)c1ccc(Br)c(Cl)c1. The highest BCUT2D eigenvalue weighted by Gasteiger charge is 2.35. The Morgan fingerprint density at radius 3 is 2.58 bits per heavy atom. The third-order valence-corrected chi connectivity index (χ3v) is 9.75. The molecular weight excluding hydrogens is 698 g/mol. The average Bonchev–Trinajstić information content (AvgIpc) is 3.86. The van der Waals surface area contributed by atoms with Crippen molar-refractivity contribution in [3.05, 3.63) is 121 Å². The number of imidazole rings is 1. The number of anilines is 1. The number of ether oxygens (including phenoxy) is 1. The molecule has 5 aromatic rings. The van der Waals surface area contributed by atoms with Gasteiger partial charge in [-0.15, -0.1) is 0 Å². The molecular formula is C35H31BrClN7O4. The summed E-state index contributed by atoms with van der Waals surface area (Å²) in [5.74, 6) is 0.118. The highest BCUT2D eigenvalue weighted by atomic mass is 79.9. The Morgan fingerprint density at radius 1 is 1.08 bits per heavy atom. The van der Waals surface area contributed by atoms with Gasteiger partial charge in [0.05, 0.1) is 34.7 Å². The first-order valence-corrected chi connectivity index (χ1v) is 16.7. The number of carbonyl (C=O) groups is 2. The number of hydrogen-bond acceptors (Lipinski definition) is 7. The lowest BCUT2D eigenvalue weighted by Gasteiger charge is -2.34. The fourth-order valence-corrected chi connectivity index (χ4v) is 6.34. The third kappa shape index (κ3) is 6.20. The van der Waals surface area contributed by atoms with Crippen molar-refractivity contribution in [3.8, 4) is 22.7 Å². The molecule has 11 nitrogen and oxygen atoms in total. The minimum atomic E-state index is -0.468. The van der Waals surface area contributed by atoms with Crippen molar-refractivity contribution in [1.29, 1.82) is 0 Å². The fourth-order valence-electron chi connectivity index (χ4n) is 5.92. The number of amides is 2. The number of nitrogens with two attached hydrogens (primary N) is 1. The van der Waals surface area contributed by atoms with Crippen LogP contribution >= 0.6 is 27.5 Å². The third-order valence-electron chi connectivity index (χ3n) is 8.52. The maximum atomic E-state index is 14.2. The predicted octanol–water partition coefficient (Wildman–Crippen LogP) is 5.61. The molecule has 3 aromatic carbocycles. The molecule has 0 unspecified atom stereocenters. The number of rotatable bonds is 8. The number of halogens is 2. The Morgan fingerprint density at radius 2 is 1.85 bits per heavy atom. The van der Waals surface area contributed by atoms with Crippen LogP contribution < -0.4 is 21.5 Å². The first-order chi connectivity index (χ1) is 23.2. The monoisotopic (exact) mass is 727 g/mol. The second-order valence-corrected chi connectivity index (χ2v) is 13.1. The van der Waals surface area contributed by atoms with Gasteiger partial charge < -0.3 is 20.7 Å². The Balaban J connectivity index is 1.26. The molecule has 0 radical (unpaired) electrons. The van der Waals surface area contributed by atoms with Gasteiger partial charge >= 0.3 is 5.69 Å². The van der Waals surface area contributed by atoms with Gasteiger partial charge in [0.15, 0.2) is 0 Å². The summed E-state index contributed by atoms with van der Waals surface area (Å²) in [5.41, 5.74) is 9.18. The Hall–Kier alpha value is -4.94. The van der Waals surface area contributed by atoms with Crippen molar-refractivity contribution < 1.29 is 14.3 Å². The molecule has 2 aromatic heterocycles. The smallest absolute Gasteiger partial charge is 0.333 e. The van der Waals surface area contributed by atoms with Crippen molar-refractivity contribution in [2.24, 2.45) is 0 Å². The molecule has 0 spiro atoms. The zero-order valence-corrected chi connectivity index (χ0v) is 28.2. The number of hydrogen-bond donors (Lipinski definition) is 2. The van der Waals surface area contributed by atoms with E-state index in [2.05, 4.69) is 31.2 Å². The molecule has 1 saturated carbocycles. The zero-order valence-electron chi connectivity index (χ0n) is 25.9. The molecule has 3 N–H and O–H groups in total. The lowest BCUT2D eigenvalue weighted by Crippen LogP contribution is -2.47.